The van der Waals surface area contributed by atoms with Crippen molar-refractivity contribution in [1.82, 2.24) is 4.90 Å². The van der Waals surface area contributed by atoms with Crippen LogP contribution in [0.25, 0.3) is 5.57 Å². The summed E-state index contributed by atoms with van der Waals surface area (Å²) in [7, 11) is 0. The van der Waals surface area contributed by atoms with E-state index in [1.165, 1.54) is 5.57 Å². The van der Waals surface area contributed by atoms with E-state index in [0.29, 0.717) is 19.3 Å². The third-order valence-corrected chi connectivity index (χ3v) is 8.06. The van der Waals surface area contributed by atoms with Crippen LogP contribution >= 0.6 is 0 Å². The van der Waals surface area contributed by atoms with E-state index in [9.17, 15) is 18.3 Å². The lowest BCUT2D eigenvalue weighted by molar-refractivity contribution is -0.0423. The average molecular weight is 500 g/mol. The molecule has 194 valence electrons. The summed E-state index contributed by atoms with van der Waals surface area (Å²) >= 11 is 0. The van der Waals surface area contributed by atoms with Gasteiger partial charge in [0.15, 0.2) is 0 Å². The lowest BCUT2D eigenvalue weighted by Gasteiger charge is -2.31. The van der Waals surface area contributed by atoms with Gasteiger partial charge in [-0.25, -0.2) is 8.78 Å². The Kier molecular flexibility index (Phi) is 7.61. The Bertz CT molecular complexity index is 1070. The van der Waals surface area contributed by atoms with Crippen LogP contribution in [0.3, 0.4) is 0 Å². The monoisotopic (exact) mass is 499 g/mol. The van der Waals surface area contributed by atoms with Crippen LogP contribution in [0.5, 0.6) is 11.5 Å². The Hall–Kier alpha value is -2.47. The topological polar surface area (TPSA) is 32.7 Å². The maximum absolute atomic E-state index is 13.9. The number of rotatable bonds is 7. The fraction of sp³-hybridized carbons (Fsp3) is 0.533. The quantitative estimate of drug-likeness (QED) is 0.438. The second-order valence-corrected chi connectivity index (χ2v) is 10.6. The van der Waals surface area contributed by atoms with Crippen LogP contribution in [-0.2, 0) is 6.42 Å². The van der Waals surface area contributed by atoms with Gasteiger partial charge >= 0.3 is 0 Å². The van der Waals surface area contributed by atoms with Gasteiger partial charge in [-0.2, -0.15) is 0 Å². The minimum Gasteiger partial charge on any atom is -0.508 e. The SMILES string of the molecule is Oc1ccc2c(c1)CCCC(C1CCC(F)(F)CC1)=C2c1ccc(OC2CCN(CCCF)C2)cc1. The van der Waals surface area contributed by atoms with Crippen molar-refractivity contribution in [2.75, 3.05) is 26.3 Å². The zero-order chi connectivity index (χ0) is 25.1. The number of alkyl halides is 3. The smallest absolute Gasteiger partial charge is 0.248 e. The van der Waals surface area contributed by atoms with Gasteiger partial charge in [-0.15, -0.1) is 0 Å². The summed E-state index contributed by atoms with van der Waals surface area (Å²) < 4.78 is 46.6. The predicted octanol–water partition coefficient (Wildman–Crippen LogP) is 7.17. The van der Waals surface area contributed by atoms with E-state index >= 15 is 0 Å². The lowest BCUT2D eigenvalue weighted by atomic mass is 9.77. The summed E-state index contributed by atoms with van der Waals surface area (Å²) in [5.74, 6) is -1.32. The number of hydrogen-bond donors (Lipinski definition) is 1. The van der Waals surface area contributed by atoms with E-state index in [4.69, 9.17) is 4.74 Å². The maximum Gasteiger partial charge on any atom is 0.248 e. The minimum atomic E-state index is -2.55. The molecule has 1 saturated heterocycles. The number of likely N-dealkylation sites (tertiary alicyclic amines) is 1. The molecule has 0 bridgehead atoms. The number of phenolic OH excluding ortho intramolecular Hbond substituents is 1. The number of nitrogens with zero attached hydrogens (tertiary/aromatic N) is 1. The third-order valence-electron chi connectivity index (χ3n) is 8.06. The number of fused-ring (bicyclic) bond motifs is 1. The highest BCUT2D eigenvalue weighted by Gasteiger charge is 2.37. The summed E-state index contributed by atoms with van der Waals surface area (Å²) in [5.41, 5.74) is 5.70. The Morgan fingerprint density at radius 3 is 2.53 bits per heavy atom. The van der Waals surface area contributed by atoms with Crippen molar-refractivity contribution >= 4 is 5.57 Å². The van der Waals surface area contributed by atoms with E-state index in [2.05, 4.69) is 17.0 Å². The second kappa shape index (κ2) is 10.9. The highest BCUT2D eigenvalue weighted by atomic mass is 19.3. The van der Waals surface area contributed by atoms with Gasteiger partial charge in [0.1, 0.15) is 17.6 Å². The van der Waals surface area contributed by atoms with Gasteiger partial charge in [-0.05, 0) is 97.4 Å². The minimum absolute atomic E-state index is 0.0482. The number of aromatic hydroxyl groups is 1. The number of hydrogen-bond acceptors (Lipinski definition) is 3. The highest BCUT2D eigenvalue weighted by Crippen LogP contribution is 2.46. The first-order chi connectivity index (χ1) is 17.4. The first-order valence-corrected chi connectivity index (χ1v) is 13.4. The lowest BCUT2D eigenvalue weighted by Crippen LogP contribution is -2.26. The predicted molar refractivity (Wildman–Crippen MR) is 136 cm³/mol. The normalized spacial score (nSPS) is 22.9. The molecule has 36 heavy (non-hydrogen) atoms. The second-order valence-electron chi connectivity index (χ2n) is 10.6. The standard InChI is InChI=1S/C30H36F3NO2/c31-16-2-17-34-18-13-26(20-34)36-25-8-5-22(6-9-25)29-27(21-11-14-30(32,33)15-12-21)4-1-3-23-19-24(35)7-10-28(23)29/h5-10,19,21,26,35H,1-4,11-18,20H2. The average Bonchev–Trinajstić information content (AvgIpc) is 3.22. The number of allylic oxidation sites excluding steroid dienone is 1. The fourth-order valence-electron chi connectivity index (χ4n) is 6.21. The van der Waals surface area contributed by atoms with Crippen LogP contribution in [0.4, 0.5) is 13.2 Å². The molecular formula is C30H36F3NO2. The van der Waals surface area contributed by atoms with Crippen LogP contribution in [-0.4, -0.2) is 48.3 Å². The van der Waals surface area contributed by atoms with Crippen molar-refractivity contribution in [3.8, 4) is 11.5 Å². The van der Waals surface area contributed by atoms with Crippen molar-refractivity contribution in [3.63, 3.8) is 0 Å². The number of benzene rings is 2. The summed E-state index contributed by atoms with van der Waals surface area (Å²) in [6.45, 7) is 2.24. The van der Waals surface area contributed by atoms with Crippen molar-refractivity contribution in [2.45, 2.75) is 69.8 Å². The Balaban J connectivity index is 1.41. The summed E-state index contributed by atoms with van der Waals surface area (Å²) in [4.78, 5) is 2.25. The van der Waals surface area contributed by atoms with Gasteiger partial charge < -0.3 is 9.84 Å². The van der Waals surface area contributed by atoms with Crippen LogP contribution in [0, 0.1) is 5.92 Å². The van der Waals surface area contributed by atoms with Gasteiger partial charge in [-0.1, -0.05) is 23.8 Å². The highest BCUT2D eigenvalue weighted by molar-refractivity contribution is 5.85. The molecule has 6 heteroatoms. The third kappa shape index (κ3) is 5.74. The molecule has 2 fully saturated rings. The van der Waals surface area contributed by atoms with E-state index in [0.717, 1.165) is 73.3 Å². The summed E-state index contributed by atoms with van der Waals surface area (Å²) in [6, 6.07) is 13.7. The number of phenols is 1. The first kappa shape index (κ1) is 25.2. The molecule has 2 aromatic carbocycles. The molecule has 0 aromatic heterocycles. The van der Waals surface area contributed by atoms with Crippen molar-refractivity contribution in [1.29, 1.82) is 0 Å². The molecule has 5 rings (SSSR count). The zero-order valence-electron chi connectivity index (χ0n) is 20.8. The summed E-state index contributed by atoms with van der Waals surface area (Å²) in [5, 5.41) is 10.1. The van der Waals surface area contributed by atoms with Gasteiger partial charge in [0.25, 0.3) is 0 Å². The van der Waals surface area contributed by atoms with Crippen molar-refractivity contribution < 1.29 is 23.0 Å². The summed E-state index contributed by atoms with van der Waals surface area (Å²) in [6.07, 6.45) is 5.24. The molecule has 3 aliphatic rings. The molecule has 2 aromatic rings. The van der Waals surface area contributed by atoms with Crippen LogP contribution in [0.15, 0.2) is 48.0 Å². The molecule has 1 aliphatic heterocycles. The van der Waals surface area contributed by atoms with Crippen LogP contribution < -0.4 is 4.74 Å². The molecule has 1 unspecified atom stereocenters. The molecule has 1 N–H and O–H groups in total. The number of aryl methyl sites for hydroxylation is 1. The molecule has 1 heterocycles. The van der Waals surface area contributed by atoms with E-state index < -0.39 is 5.92 Å². The van der Waals surface area contributed by atoms with E-state index in [1.807, 2.05) is 24.3 Å². The molecule has 1 atom stereocenters. The Morgan fingerprint density at radius 1 is 1.00 bits per heavy atom. The zero-order valence-corrected chi connectivity index (χ0v) is 20.8. The molecule has 3 nitrogen and oxygen atoms in total. The van der Waals surface area contributed by atoms with E-state index in [1.54, 1.807) is 6.07 Å². The first-order valence-electron chi connectivity index (χ1n) is 13.4. The van der Waals surface area contributed by atoms with Gasteiger partial charge in [-0.3, -0.25) is 9.29 Å². The van der Waals surface area contributed by atoms with Crippen molar-refractivity contribution in [3.05, 3.63) is 64.7 Å². The largest absolute Gasteiger partial charge is 0.508 e. The molecule has 0 radical (unpaired) electrons. The van der Waals surface area contributed by atoms with Crippen molar-refractivity contribution in [2.24, 2.45) is 5.92 Å². The fourth-order valence-corrected chi connectivity index (χ4v) is 6.21. The number of ether oxygens (including phenoxy) is 1. The number of halogens is 3. The maximum atomic E-state index is 13.9. The molecule has 1 saturated carbocycles. The van der Waals surface area contributed by atoms with Crippen LogP contribution in [0.1, 0.15) is 68.1 Å². The Labute approximate surface area is 212 Å². The van der Waals surface area contributed by atoms with Crippen LogP contribution in [0.2, 0.25) is 0 Å². The Morgan fingerprint density at radius 2 is 1.78 bits per heavy atom. The van der Waals surface area contributed by atoms with Gasteiger partial charge in [0.2, 0.25) is 5.92 Å². The van der Waals surface area contributed by atoms with Gasteiger partial charge in [0, 0.05) is 32.5 Å². The molecule has 0 amide bonds. The van der Waals surface area contributed by atoms with E-state index in [-0.39, 0.29) is 37.3 Å². The van der Waals surface area contributed by atoms with Gasteiger partial charge in [0.05, 0.1) is 6.67 Å². The molecule has 0 spiro atoms. The molecular weight excluding hydrogens is 463 g/mol. The molecule has 2 aliphatic carbocycles.